The molecule has 59 heavy (non-hydrogen) atoms. The average molecular weight is 792 g/mol. The third-order valence-electron chi connectivity index (χ3n) is 9.68. The zero-order valence-electron chi connectivity index (χ0n) is 33.9. The zero-order valence-corrected chi connectivity index (χ0v) is 33.9. The third-order valence-corrected chi connectivity index (χ3v) is 9.68. The summed E-state index contributed by atoms with van der Waals surface area (Å²) in [5.41, 5.74) is 6.63. The number of hydrogen-bond acceptors (Lipinski definition) is 9. The highest BCUT2D eigenvalue weighted by Gasteiger charge is 2.32. The Balaban J connectivity index is 1.16. The van der Waals surface area contributed by atoms with Gasteiger partial charge in [-0.25, -0.2) is 9.78 Å². The normalized spacial score (nSPS) is 13.3. The van der Waals surface area contributed by atoms with Crippen LogP contribution in [0, 0.1) is 19.8 Å². The second-order valence-corrected chi connectivity index (χ2v) is 14.8. The number of aromatic nitrogens is 3. The minimum Gasteiger partial charge on any atom is -0.373 e. The van der Waals surface area contributed by atoms with Crippen LogP contribution in [0.1, 0.15) is 54.6 Å². The lowest BCUT2D eigenvalue weighted by atomic mass is 10.0. The molecule has 5 aromatic rings. The number of pyridine rings is 1. The van der Waals surface area contributed by atoms with E-state index in [1.165, 1.54) is 11.0 Å². The molecular formula is C46H49N9O4. The van der Waals surface area contributed by atoms with Gasteiger partial charge in [0.15, 0.2) is 0 Å². The van der Waals surface area contributed by atoms with Crippen LogP contribution >= 0.6 is 0 Å². The van der Waals surface area contributed by atoms with Crippen LogP contribution in [0.5, 0.6) is 0 Å². The number of nitrogens with one attached hydrogen (secondary N) is 3. The molecule has 3 aromatic carbocycles. The van der Waals surface area contributed by atoms with Gasteiger partial charge in [0.05, 0.1) is 30.7 Å². The number of nitrogens with zero attached hydrogens (tertiary/aromatic N) is 6. The largest absolute Gasteiger partial charge is 0.373 e. The average Bonchev–Trinajstić information content (AvgIpc) is 3.23. The molecule has 3 N–H and O–H groups in total. The smallest absolute Gasteiger partial charge is 0.330 e. The summed E-state index contributed by atoms with van der Waals surface area (Å²) in [6, 6.07) is 27.3. The number of allylic oxidation sites excluding steroid dienone is 1. The fourth-order valence-electron chi connectivity index (χ4n) is 6.68. The molecule has 302 valence electrons. The quantitative estimate of drug-likeness (QED) is 0.0668. The molecule has 13 nitrogen and oxygen atoms in total. The Labute approximate surface area is 344 Å². The topological polar surface area (TPSA) is 153 Å². The van der Waals surface area contributed by atoms with E-state index in [9.17, 15) is 19.2 Å². The Morgan fingerprint density at radius 3 is 2.34 bits per heavy atom. The highest BCUT2D eigenvalue weighted by molar-refractivity contribution is 6.06. The van der Waals surface area contributed by atoms with Crippen molar-refractivity contribution in [2.45, 2.75) is 59.7 Å². The van der Waals surface area contributed by atoms with Gasteiger partial charge in [-0.05, 0) is 67.1 Å². The molecule has 0 saturated heterocycles. The first-order chi connectivity index (χ1) is 28.5. The maximum absolute atomic E-state index is 14.3. The van der Waals surface area contributed by atoms with Crippen LogP contribution in [0.25, 0.3) is 5.70 Å². The van der Waals surface area contributed by atoms with Crippen molar-refractivity contribution < 1.29 is 19.2 Å². The van der Waals surface area contributed by atoms with Crippen molar-refractivity contribution in [2.24, 2.45) is 5.92 Å². The Hall–Kier alpha value is -7.15. The summed E-state index contributed by atoms with van der Waals surface area (Å²) in [6.07, 6.45) is 9.34. The Morgan fingerprint density at radius 1 is 0.915 bits per heavy atom. The van der Waals surface area contributed by atoms with E-state index >= 15 is 0 Å². The first-order valence-corrected chi connectivity index (χ1v) is 19.5. The van der Waals surface area contributed by atoms with Crippen LogP contribution in [-0.4, -0.2) is 57.1 Å². The summed E-state index contributed by atoms with van der Waals surface area (Å²) in [7, 11) is 1.67. The van der Waals surface area contributed by atoms with Crippen LogP contribution in [0.4, 0.5) is 33.6 Å². The Kier molecular flexibility index (Phi) is 13.6. The van der Waals surface area contributed by atoms with E-state index in [1.807, 2.05) is 107 Å². The number of aldehydes is 1. The molecule has 0 unspecified atom stereocenters. The minimum atomic E-state index is -0.653. The van der Waals surface area contributed by atoms with Crippen molar-refractivity contribution in [3.05, 3.63) is 150 Å². The highest BCUT2D eigenvalue weighted by atomic mass is 16.2. The van der Waals surface area contributed by atoms with Crippen LogP contribution in [-0.2, 0) is 27.5 Å². The first kappa shape index (κ1) is 41.5. The van der Waals surface area contributed by atoms with E-state index in [0.717, 1.165) is 33.6 Å². The molecular weight excluding hydrogens is 743 g/mol. The van der Waals surface area contributed by atoms with Gasteiger partial charge in [-0.3, -0.25) is 29.2 Å². The molecule has 6 rings (SSSR count). The van der Waals surface area contributed by atoms with Crippen molar-refractivity contribution in [2.75, 3.05) is 27.5 Å². The maximum Gasteiger partial charge on any atom is 0.330 e. The number of hydrogen-bond donors (Lipinski definition) is 3. The lowest BCUT2D eigenvalue weighted by Crippen LogP contribution is -2.46. The SMILES string of the molecule is Cc1ccc(Nc2ncc3c(n2)N(C)C(=O)N(c2cc(NC(=O)C/C=C/N(Cc4ccccc4)C(=O)[C@H](CC(C)C)NC(=CC=O)c4ccccc4)ccc2C)C3)cn1. The lowest BCUT2D eigenvalue weighted by Gasteiger charge is -2.35. The molecule has 0 fully saturated rings. The summed E-state index contributed by atoms with van der Waals surface area (Å²) in [5.74, 6) is 0.511. The highest BCUT2D eigenvalue weighted by Crippen LogP contribution is 2.33. The van der Waals surface area contributed by atoms with Gasteiger partial charge in [-0.15, -0.1) is 0 Å². The van der Waals surface area contributed by atoms with Crippen molar-refractivity contribution in [1.82, 2.24) is 25.2 Å². The molecule has 2 aromatic heterocycles. The van der Waals surface area contributed by atoms with E-state index in [0.29, 0.717) is 41.5 Å². The summed E-state index contributed by atoms with van der Waals surface area (Å²) >= 11 is 0. The first-order valence-electron chi connectivity index (χ1n) is 19.5. The number of urea groups is 1. The molecule has 1 aliphatic heterocycles. The predicted molar refractivity (Wildman–Crippen MR) is 232 cm³/mol. The van der Waals surface area contributed by atoms with Gasteiger partial charge in [-0.1, -0.05) is 86.7 Å². The molecule has 13 heteroatoms. The van der Waals surface area contributed by atoms with E-state index < -0.39 is 6.04 Å². The van der Waals surface area contributed by atoms with Crippen molar-refractivity contribution in [1.29, 1.82) is 0 Å². The van der Waals surface area contributed by atoms with Crippen LogP contribution in [0.3, 0.4) is 0 Å². The third kappa shape index (κ3) is 10.8. The number of aryl methyl sites for hydroxylation is 2. The van der Waals surface area contributed by atoms with Gasteiger partial charge in [0.2, 0.25) is 17.8 Å². The zero-order chi connectivity index (χ0) is 41.9. The Bertz CT molecular complexity index is 2330. The van der Waals surface area contributed by atoms with Crippen LogP contribution < -0.4 is 25.8 Å². The number of fused-ring (bicyclic) bond motifs is 1. The minimum absolute atomic E-state index is 0.0184. The number of carbonyl (C=O) groups is 4. The van der Waals surface area contributed by atoms with Crippen LogP contribution in [0.15, 0.2) is 122 Å². The molecule has 0 radical (unpaired) electrons. The van der Waals surface area contributed by atoms with Crippen molar-refractivity contribution in [3.8, 4) is 0 Å². The molecule has 1 aliphatic rings. The van der Waals surface area contributed by atoms with Gasteiger partial charge in [-0.2, -0.15) is 4.98 Å². The summed E-state index contributed by atoms with van der Waals surface area (Å²) in [6.45, 7) is 8.41. The van der Waals surface area contributed by atoms with Gasteiger partial charge < -0.3 is 20.9 Å². The second-order valence-electron chi connectivity index (χ2n) is 14.8. The lowest BCUT2D eigenvalue weighted by molar-refractivity contribution is -0.131. The van der Waals surface area contributed by atoms with E-state index in [-0.39, 0.29) is 43.3 Å². The number of rotatable bonds is 16. The number of carbonyl (C=O) groups excluding carboxylic acids is 4. The molecule has 3 heterocycles. The molecule has 1 atom stereocenters. The molecule has 0 saturated carbocycles. The van der Waals surface area contributed by atoms with Gasteiger partial charge in [0.25, 0.3) is 0 Å². The monoisotopic (exact) mass is 791 g/mol. The second kappa shape index (κ2) is 19.3. The van der Waals surface area contributed by atoms with Gasteiger partial charge >= 0.3 is 6.03 Å². The van der Waals surface area contributed by atoms with Crippen molar-refractivity contribution >= 4 is 58.7 Å². The predicted octanol–water partition coefficient (Wildman–Crippen LogP) is 7.92. The number of anilines is 5. The fourth-order valence-corrected chi connectivity index (χ4v) is 6.68. The summed E-state index contributed by atoms with van der Waals surface area (Å²) < 4.78 is 0. The van der Waals surface area contributed by atoms with Gasteiger partial charge in [0.1, 0.15) is 18.1 Å². The van der Waals surface area contributed by atoms with E-state index in [4.69, 9.17) is 0 Å². The van der Waals surface area contributed by atoms with Gasteiger partial charge in [0, 0.05) is 54.6 Å². The standard InChI is InChI=1S/C46H49N9O4/c1-31(2)25-40(51-39(22-24-56)35-15-10-7-11-16-35)44(58)54(29-34-13-8-6-9-14-34)23-12-17-42(57)49-37-20-18-32(3)41(26-37)55-30-36-27-48-45(52-43(36)53(5)46(55)59)50-38-21-19-33(4)47-28-38/h6-16,18-24,26-28,31,40,51H,17,25,29-30H2,1-5H3,(H,49,57)(H,48,50,52)/b23-12+,39-22?/t40-/m0/s1. The Morgan fingerprint density at radius 2 is 1.64 bits per heavy atom. The number of amides is 4. The van der Waals surface area contributed by atoms with E-state index in [2.05, 4.69) is 30.9 Å². The van der Waals surface area contributed by atoms with E-state index in [1.54, 1.807) is 53.6 Å². The summed E-state index contributed by atoms with van der Waals surface area (Å²) in [5, 5.41) is 9.44. The molecule has 4 amide bonds. The fraction of sp³-hybridized carbons (Fsp3) is 0.239. The van der Waals surface area contributed by atoms with Crippen molar-refractivity contribution in [3.63, 3.8) is 0 Å². The molecule has 0 bridgehead atoms. The van der Waals surface area contributed by atoms with Crippen LogP contribution in [0.2, 0.25) is 0 Å². The summed E-state index contributed by atoms with van der Waals surface area (Å²) in [4.78, 5) is 71.2. The number of benzene rings is 3. The molecule has 0 aliphatic carbocycles. The maximum atomic E-state index is 14.3. The molecule has 0 spiro atoms.